The number of likely N-dealkylation sites (N-methyl/N-ethyl adjacent to an activating group) is 1. The molecule has 10 heteroatoms. The summed E-state index contributed by atoms with van der Waals surface area (Å²) in [5.74, 6) is -2.06. The molecule has 0 aromatic heterocycles. The number of hydrogen-bond acceptors (Lipinski definition) is 8. The van der Waals surface area contributed by atoms with Crippen molar-refractivity contribution in [1.82, 2.24) is 5.32 Å². The van der Waals surface area contributed by atoms with E-state index in [0.717, 1.165) is 18.9 Å². The number of hydrogen-bond donors (Lipinski definition) is 3. The summed E-state index contributed by atoms with van der Waals surface area (Å²) in [5.41, 5.74) is 0.464. The highest BCUT2D eigenvalue weighted by Gasteiger charge is 2.52. The molecule has 1 heterocycles. The lowest BCUT2D eigenvalue weighted by Crippen LogP contribution is -2.51. The summed E-state index contributed by atoms with van der Waals surface area (Å²) < 4.78 is 17.0. The number of carbonyl (C=O) groups is 3. The van der Waals surface area contributed by atoms with Crippen molar-refractivity contribution < 1.29 is 43.3 Å². The first-order chi connectivity index (χ1) is 16.8. The Morgan fingerprint density at radius 3 is 2.50 bits per heavy atom. The maximum atomic E-state index is 12.7. The maximum Gasteiger partial charge on any atom is 0.338 e. The third kappa shape index (κ3) is 7.33. The monoisotopic (exact) mass is 507 g/mol. The number of aromatic hydroxyl groups is 2. The Hall–Kier alpha value is -2.85. The minimum atomic E-state index is -0.696. The van der Waals surface area contributed by atoms with E-state index in [1.165, 1.54) is 6.07 Å². The summed E-state index contributed by atoms with van der Waals surface area (Å²) in [6, 6.07) is 2.43. The van der Waals surface area contributed by atoms with Gasteiger partial charge in [0, 0.05) is 6.61 Å². The Balaban J connectivity index is 1.60. The Morgan fingerprint density at radius 1 is 1.22 bits per heavy atom. The van der Waals surface area contributed by atoms with Crippen LogP contribution >= 0.6 is 0 Å². The second-order valence-corrected chi connectivity index (χ2v) is 11.3. The van der Waals surface area contributed by atoms with Gasteiger partial charge in [-0.1, -0.05) is 13.8 Å². The number of quaternary nitrogens is 1. The predicted molar refractivity (Wildman–Crippen MR) is 130 cm³/mol. The van der Waals surface area contributed by atoms with Gasteiger partial charge in [-0.25, -0.2) is 4.79 Å². The molecule has 2 aliphatic rings. The summed E-state index contributed by atoms with van der Waals surface area (Å²) in [7, 11) is 3.91. The van der Waals surface area contributed by atoms with E-state index in [-0.39, 0.29) is 47.0 Å². The molecule has 3 atom stereocenters. The van der Waals surface area contributed by atoms with Crippen LogP contribution in [0.2, 0.25) is 0 Å². The molecule has 1 saturated carbocycles. The summed E-state index contributed by atoms with van der Waals surface area (Å²) in [6.45, 7) is 7.93. The first kappa shape index (κ1) is 27.7. The van der Waals surface area contributed by atoms with Crippen LogP contribution in [0, 0.1) is 24.2 Å². The minimum Gasteiger partial charge on any atom is -0.504 e. The zero-order chi connectivity index (χ0) is 26.7. The lowest BCUT2D eigenvalue weighted by molar-refractivity contribution is -0.892. The molecular weight excluding hydrogens is 468 g/mol. The highest BCUT2D eigenvalue weighted by atomic mass is 16.6. The van der Waals surface area contributed by atoms with Gasteiger partial charge in [0.25, 0.3) is 0 Å². The van der Waals surface area contributed by atoms with E-state index >= 15 is 0 Å². The number of nitrogens with zero attached hydrogens (tertiary/aromatic N) is 1. The lowest BCUT2D eigenvalue weighted by Gasteiger charge is -2.33. The number of ether oxygens (including phenoxy) is 3. The van der Waals surface area contributed by atoms with Crippen molar-refractivity contribution >= 4 is 17.8 Å². The standard InChI is InChI=1S/C26H38N2O8/c1-16-10-21(29)22(30)11-19(16)24(32)35-15-18(36-25(33)20-12-26(20,2)3)13-28(4,5)8-7-27-23(31)17-6-9-34-14-17/h10-11,17-18,20H,6-9,12-15H2,1-5H3,(H2-,27,29,30,31,32)/p+1. The number of carbonyl (C=O) groups excluding carboxylic acids is 3. The molecular formula is C26H39N2O8+. The molecule has 1 amide bonds. The summed E-state index contributed by atoms with van der Waals surface area (Å²) >= 11 is 0. The molecule has 1 aliphatic carbocycles. The van der Waals surface area contributed by atoms with Crippen LogP contribution in [0.5, 0.6) is 11.5 Å². The molecule has 3 N–H and O–H groups in total. The molecule has 3 unspecified atom stereocenters. The number of aryl methyl sites for hydroxylation is 1. The SMILES string of the molecule is Cc1cc(O)c(O)cc1C(=O)OCC(C[N+](C)(C)CCNC(=O)C1CCOC1)OC(=O)C1CC1(C)C. The number of phenolic OH excluding ortho intramolecular Hbond substituents is 2. The van der Waals surface area contributed by atoms with Crippen molar-refractivity contribution in [3.05, 3.63) is 23.3 Å². The Bertz CT molecular complexity index is 984. The normalized spacial score (nSPS) is 21.5. The molecule has 36 heavy (non-hydrogen) atoms. The first-order valence-corrected chi connectivity index (χ1v) is 12.4. The minimum absolute atomic E-state index is 0.0205. The molecule has 1 aliphatic heterocycles. The molecule has 0 bridgehead atoms. The van der Waals surface area contributed by atoms with E-state index in [0.29, 0.717) is 42.9 Å². The third-order valence-electron chi connectivity index (χ3n) is 7.04. The number of amides is 1. The van der Waals surface area contributed by atoms with Crippen molar-refractivity contribution in [2.45, 2.75) is 39.7 Å². The van der Waals surface area contributed by atoms with E-state index in [1.807, 2.05) is 27.9 Å². The zero-order valence-electron chi connectivity index (χ0n) is 21.8. The van der Waals surface area contributed by atoms with E-state index < -0.39 is 17.8 Å². The van der Waals surface area contributed by atoms with Crippen molar-refractivity contribution in [3.8, 4) is 11.5 Å². The molecule has 1 aromatic carbocycles. The van der Waals surface area contributed by atoms with Gasteiger partial charge in [0.1, 0.15) is 13.2 Å². The average Bonchev–Trinajstić information content (AvgIpc) is 3.17. The quantitative estimate of drug-likeness (QED) is 0.235. The van der Waals surface area contributed by atoms with Crippen LogP contribution in [-0.4, -0.2) is 92.2 Å². The van der Waals surface area contributed by atoms with Crippen LogP contribution in [0.4, 0.5) is 0 Å². The fourth-order valence-corrected chi connectivity index (χ4v) is 4.40. The van der Waals surface area contributed by atoms with Crippen LogP contribution in [0.15, 0.2) is 12.1 Å². The first-order valence-electron chi connectivity index (χ1n) is 12.4. The van der Waals surface area contributed by atoms with Gasteiger partial charge in [0.15, 0.2) is 17.6 Å². The number of benzene rings is 1. The van der Waals surface area contributed by atoms with Gasteiger partial charge >= 0.3 is 11.9 Å². The number of esters is 2. The Kier molecular flexibility index (Phi) is 8.51. The lowest BCUT2D eigenvalue weighted by atomic mass is 10.1. The number of nitrogens with one attached hydrogen (secondary N) is 1. The van der Waals surface area contributed by atoms with Crippen LogP contribution in [0.3, 0.4) is 0 Å². The maximum absolute atomic E-state index is 12.7. The summed E-state index contributed by atoms with van der Waals surface area (Å²) in [6.07, 6.45) is 0.778. The van der Waals surface area contributed by atoms with Crippen molar-refractivity contribution in [2.24, 2.45) is 17.3 Å². The number of rotatable bonds is 11. The van der Waals surface area contributed by atoms with E-state index in [2.05, 4.69) is 5.32 Å². The second kappa shape index (κ2) is 11.0. The van der Waals surface area contributed by atoms with Crippen LogP contribution in [0.1, 0.15) is 42.6 Å². The fourth-order valence-electron chi connectivity index (χ4n) is 4.40. The topological polar surface area (TPSA) is 131 Å². The third-order valence-corrected chi connectivity index (χ3v) is 7.04. The summed E-state index contributed by atoms with van der Waals surface area (Å²) in [5, 5.41) is 22.3. The Labute approximate surface area is 212 Å². The highest BCUT2D eigenvalue weighted by molar-refractivity contribution is 5.92. The van der Waals surface area contributed by atoms with Gasteiger partial charge in [-0.2, -0.15) is 0 Å². The second-order valence-electron chi connectivity index (χ2n) is 11.3. The zero-order valence-corrected chi connectivity index (χ0v) is 21.8. The highest BCUT2D eigenvalue weighted by Crippen LogP contribution is 2.52. The van der Waals surface area contributed by atoms with E-state index in [4.69, 9.17) is 14.2 Å². The van der Waals surface area contributed by atoms with E-state index in [1.54, 1.807) is 6.92 Å². The molecule has 200 valence electrons. The fraction of sp³-hybridized carbons (Fsp3) is 0.654. The molecule has 10 nitrogen and oxygen atoms in total. The van der Waals surface area contributed by atoms with Crippen molar-refractivity contribution in [1.29, 1.82) is 0 Å². The van der Waals surface area contributed by atoms with Crippen molar-refractivity contribution in [3.63, 3.8) is 0 Å². The molecule has 0 radical (unpaired) electrons. The van der Waals surface area contributed by atoms with Crippen LogP contribution in [-0.2, 0) is 23.8 Å². The number of phenols is 2. The smallest absolute Gasteiger partial charge is 0.338 e. The average molecular weight is 508 g/mol. The molecule has 2 fully saturated rings. The van der Waals surface area contributed by atoms with Gasteiger partial charge in [0.2, 0.25) is 5.91 Å². The van der Waals surface area contributed by atoms with Crippen molar-refractivity contribution in [2.75, 3.05) is 53.6 Å². The van der Waals surface area contributed by atoms with Gasteiger partial charge in [-0.05, 0) is 42.9 Å². The molecule has 1 saturated heterocycles. The van der Waals surface area contributed by atoms with Crippen LogP contribution in [0.25, 0.3) is 0 Å². The Morgan fingerprint density at radius 2 is 1.89 bits per heavy atom. The largest absolute Gasteiger partial charge is 0.504 e. The van der Waals surface area contributed by atoms with Gasteiger partial charge in [-0.3, -0.25) is 9.59 Å². The van der Waals surface area contributed by atoms with E-state index in [9.17, 15) is 24.6 Å². The van der Waals surface area contributed by atoms with Gasteiger partial charge < -0.3 is 34.2 Å². The molecule has 3 rings (SSSR count). The predicted octanol–water partition coefficient (Wildman–Crippen LogP) is 1.75. The van der Waals surface area contributed by atoms with Gasteiger partial charge in [0.05, 0.1) is 51.2 Å². The molecule has 0 spiro atoms. The molecule has 1 aromatic rings. The van der Waals surface area contributed by atoms with Crippen LogP contribution < -0.4 is 5.32 Å². The van der Waals surface area contributed by atoms with Gasteiger partial charge in [-0.15, -0.1) is 0 Å². The summed E-state index contributed by atoms with van der Waals surface area (Å²) in [4.78, 5) is 37.7.